The lowest BCUT2D eigenvalue weighted by Crippen LogP contribution is -2.53. The van der Waals surface area contributed by atoms with Gasteiger partial charge in [-0.2, -0.15) is 14.0 Å². The van der Waals surface area contributed by atoms with Crippen LogP contribution in [0.4, 0.5) is 17.6 Å². The third kappa shape index (κ3) is 6.93. The number of hydrogen-bond donors (Lipinski definition) is 2. The van der Waals surface area contributed by atoms with E-state index in [0.717, 1.165) is 16.9 Å². The number of thiophene rings is 1. The Morgan fingerprint density at radius 3 is 2.53 bits per heavy atom. The maximum atomic E-state index is 14.7. The number of rotatable bonds is 11. The van der Waals surface area contributed by atoms with Crippen LogP contribution in [-0.4, -0.2) is 36.1 Å². The Bertz CT molecular complexity index is 971. The minimum absolute atomic E-state index is 0.0221. The molecule has 1 saturated carbocycles. The van der Waals surface area contributed by atoms with Gasteiger partial charge in [-0.25, -0.2) is 8.78 Å². The predicted molar refractivity (Wildman–Crippen MR) is 112 cm³/mol. The predicted octanol–water partition coefficient (Wildman–Crippen LogP) is 4.43. The normalized spacial score (nSPS) is 16.1. The summed E-state index contributed by atoms with van der Waals surface area (Å²) in [6.45, 7) is 0.570. The van der Waals surface area contributed by atoms with Crippen LogP contribution < -0.4 is 15.4 Å². The molecular formula is C22H23F4N3O2S. The van der Waals surface area contributed by atoms with E-state index >= 15 is 0 Å². The molecule has 0 bridgehead atoms. The lowest BCUT2D eigenvalue weighted by Gasteiger charge is -2.26. The third-order valence-corrected chi connectivity index (χ3v) is 5.89. The molecule has 1 atom stereocenters. The van der Waals surface area contributed by atoms with Gasteiger partial charge < -0.3 is 10.1 Å². The van der Waals surface area contributed by atoms with Gasteiger partial charge in [0.15, 0.2) is 5.06 Å². The fraction of sp³-hybridized carbons (Fsp3) is 0.455. The third-order valence-electron chi connectivity index (χ3n) is 4.96. The van der Waals surface area contributed by atoms with Crippen molar-refractivity contribution in [1.82, 2.24) is 10.6 Å². The molecule has 2 aromatic rings. The highest BCUT2D eigenvalue weighted by Gasteiger charge is 2.47. The molecule has 10 heteroatoms. The van der Waals surface area contributed by atoms with Gasteiger partial charge >= 0.3 is 6.11 Å². The van der Waals surface area contributed by atoms with Gasteiger partial charge in [-0.05, 0) is 42.3 Å². The zero-order valence-electron chi connectivity index (χ0n) is 17.3. The molecule has 0 aliphatic heterocycles. The van der Waals surface area contributed by atoms with E-state index in [1.807, 2.05) is 6.07 Å². The number of nitrogens with one attached hydrogen (secondary N) is 2. The van der Waals surface area contributed by atoms with Crippen molar-refractivity contribution < 1.29 is 27.1 Å². The second kappa shape index (κ2) is 9.46. The molecule has 3 rings (SSSR count). The van der Waals surface area contributed by atoms with E-state index < -0.39 is 48.9 Å². The van der Waals surface area contributed by atoms with Crippen LogP contribution in [0.2, 0.25) is 0 Å². The van der Waals surface area contributed by atoms with Crippen molar-refractivity contribution in [2.75, 3.05) is 6.54 Å². The lowest BCUT2D eigenvalue weighted by atomic mass is 10.00. The topological polar surface area (TPSA) is 74.2 Å². The molecule has 0 radical (unpaired) electrons. The first-order valence-corrected chi connectivity index (χ1v) is 10.9. The monoisotopic (exact) mass is 469 g/mol. The Hall–Kier alpha value is -2.64. The number of benzene rings is 1. The molecule has 32 heavy (non-hydrogen) atoms. The maximum Gasteiger partial charge on any atom is 0.411 e. The van der Waals surface area contributed by atoms with Crippen molar-refractivity contribution in [3.05, 3.63) is 52.9 Å². The summed E-state index contributed by atoms with van der Waals surface area (Å²) in [5, 5.41) is 15.4. The number of hydrogen-bond acceptors (Lipinski definition) is 5. The molecule has 1 aliphatic rings. The molecule has 1 heterocycles. The molecule has 172 valence electrons. The number of nitriles is 1. The largest absolute Gasteiger partial charge is 0.422 e. The van der Waals surface area contributed by atoms with Crippen LogP contribution in [0.1, 0.15) is 30.4 Å². The SMILES string of the molecule is Cc1csc(OC(F)(F)CN[C@@H](CC(F)(F)Cc2ccccc2)C(=O)NC2(C#N)CC2)c1. The molecule has 1 aromatic carbocycles. The highest BCUT2D eigenvalue weighted by Crippen LogP contribution is 2.35. The van der Waals surface area contributed by atoms with Gasteiger partial charge in [0.25, 0.3) is 5.92 Å². The average molecular weight is 470 g/mol. The first kappa shape index (κ1) is 24.0. The van der Waals surface area contributed by atoms with E-state index in [2.05, 4.69) is 15.4 Å². The van der Waals surface area contributed by atoms with Crippen LogP contribution in [0, 0.1) is 18.3 Å². The summed E-state index contributed by atoms with van der Waals surface area (Å²) < 4.78 is 62.7. The van der Waals surface area contributed by atoms with Crippen LogP contribution >= 0.6 is 11.3 Å². The first-order chi connectivity index (χ1) is 15.0. The summed E-state index contributed by atoms with van der Waals surface area (Å²) in [5.74, 6) is -4.26. The van der Waals surface area contributed by atoms with Gasteiger partial charge in [-0.15, -0.1) is 11.3 Å². The minimum atomic E-state index is -3.73. The number of nitrogens with zero attached hydrogens (tertiary/aromatic N) is 1. The maximum absolute atomic E-state index is 14.7. The summed E-state index contributed by atoms with van der Waals surface area (Å²) in [4.78, 5) is 12.6. The number of aryl methyl sites for hydroxylation is 1. The van der Waals surface area contributed by atoms with Gasteiger partial charge in [0.05, 0.1) is 12.1 Å². The standard InChI is InChI=1S/C22H23F4N3O2S/c1-15-9-18(32-12-15)31-22(25,26)14-28-17(19(30)29-20(13-27)7-8-20)11-21(23,24)10-16-5-3-2-4-6-16/h2-6,9,12,17,28H,7-8,10-11,14H2,1H3,(H,29,30)/t17-/m0/s1. The molecule has 1 aliphatic carbocycles. The lowest BCUT2D eigenvalue weighted by molar-refractivity contribution is -0.172. The summed E-state index contributed by atoms with van der Waals surface area (Å²) in [6.07, 6.45) is -4.61. The van der Waals surface area contributed by atoms with Crippen LogP contribution in [0.15, 0.2) is 41.8 Å². The molecular weight excluding hydrogens is 446 g/mol. The second-order valence-corrected chi connectivity index (χ2v) is 8.90. The number of amides is 1. The summed E-state index contributed by atoms with van der Waals surface area (Å²) in [7, 11) is 0. The van der Waals surface area contributed by atoms with E-state index in [0.29, 0.717) is 18.4 Å². The van der Waals surface area contributed by atoms with Crippen molar-refractivity contribution in [2.24, 2.45) is 0 Å². The number of ether oxygens (including phenoxy) is 1. The number of halogens is 4. The first-order valence-electron chi connectivity index (χ1n) is 10.0. The molecule has 1 aromatic heterocycles. The molecule has 1 amide bonds. The number of alkyl halides is 4. The van der Waals surface area contributed by atoms with Crippen molar-refractivity contribution in [1.29, 1.82) is 5.26 Å². The average Bonchev–Trinajstić information content (AvgIpc) is 3.38. The molecule has 0 saturated heterocycles. The summed E-state index contributed by atoms with van der Waals surface area (Å²) in [6, 6.07) is 9.68. The number of carbonyl (C=O) groups is 1. The molecule has 2 N–H and O–H groups in total. The van der Waals surface area contributed by atoms with E-state index in [1.165, 1.54) is 18.2 Å². The van der Waals surface area contributed by atoms with Crippen LogP contribution in [-0.2, 0) is 11.2 Å². The highest BCUT2D eigenvalue weighted by atomic mass is 32.1. The van der Waals surface area contributed by atoms with Crippen LogP contribution in [0.3, 0.4) is 0 Å². The van der Waals surface area contributed by atoms with E-state index in [-0.39, 0.29) is 5.06 Å². The van der Waals surface area contributed by atoms with Crippen molar-refractivity contribution in [2.45, 2.75) is 56.2 Å². The Morgan fingerprint density at radius 2 is 1.97 bits per heavy atom. The molecule has 1 fully saturated rings. The van der Waals surface area contributed by atoms with E-state index in [9.17, 15) is 22.4 Å². The quantitative estimate of drug-likeness (QED) is 0.478. The Morgan fingerprint density at radius 1 is 1.28 bits per heavy atom. The van der Waals surface area contributed by atoms with Crippen molar-refractivity contribution in [3.8, 4) is 11.1 Å². The molecule has 0 spiro atoms. The van der Waals surface area contributed by atoms with Gasteiger partial charge in [0.2, 0.25) is 5.91 Å². The Kier molecular flexibility index (Phi) is 7.10. The Balaban J connectivity index is 1.68. The van der Waals surface area contributed by atoms with Crippen LogP contribution in [0.5, 0.6) is 5.06 Å². The molecule has 0 unspecified atom stereocenters. The second-order valence-electron chi connectivity index (χ2n) is 8.02. The van der Waals surface area contributed by atoms with Crippen molar-refractivity contribution in [3.63, 3.8) is 0 Å². The van der Waals surface area contributed by atoms with Gasteiger partial charge in [0.1, 0.15) is 12.1 Å². The smallest absolute Gasteiger partial charge is 0.411 e. The Labute approximate surface area is 187 Å². The van der Waals surface area contributed by atoms with E-state index in [1.54, 1.807) is 30.5 Å². The molecule has 5 nitrogen and oxygen atoms in total. The van der Waals surface area contributed by atoms with E-state index in [4.69, 9.17) is 5.26 Å². The summed E-state index contributed by atoms with van der Waals surface area (Å²) >= 11 is 0.982. The van der Waals surface area contributed by atoms with Gasteiger partial charge in [-0.1, -0.05) is 30.3 Å². The van der Waals surface area contributed by atoms with Gasteiger partial charge in [-0.3, -0.25) is 10.1 Å². The van der Waals surface area contributed by atoms with Crippen molar-refractivity contribution >= 4 is 17.2 Å². The summed E-state index contributed by atoms with van der Waals surface area (Å²) in [5.41, 5.74) is -0.00827. The van der Waals surface area contributed by atoms with Gasteiger partial charge in [0, 0.05) is 12.8 Å². The zero-order chi connectivity index (χ0) is 23.4. The minimum Gasteiger partial charge on any atom is -0.422 e. The highest BCUT2D eigenvalue weighted by molar-refractivity contribution is 7.12. The number of carbonyl (C=O) groups excluding carboxylic acids is 1. The fourth-order valence-electron chi connectivity index (χ4n) is 3.12. The fourth-order valence-corrected chi connectivity index (χ4v) is 3.91. The zero-order valence-corrected chi connectivity index (χ0v) is 18.2. The van der Waals surface area contributed by atoms with Crippen LogP contribution in [0.25, 0.3) is 0 Å².